The minimum atomic E-state index is 0.547. The van der Waals surface area contributed by atoms with Crippen molar-refractivity contribution in [2.75, 3.05) is 0 Å². The van der Waals surface area contributed by atoms with Crippen LogP contribution in [0.5, 0.6) is 0 Å². The highest BCUT2D eigenvalue weighted by Gasteiger charge is 2.15. The van der Waals surface area contributed by atoms with E-state index in [4.69, 9.17) is 23.2 Å². The molecule has 0 bridgehead atoms. The standard InChI is InChI=1S/C30H24Cl2N4/c1-35-20-34-16-25(35)19-36(18-22-10-12-29(31)30(32)14-22)17-21-9-11-24(15-33)28(13-21)27-8-4-6-23-5-2-3-7-26(23)27/h2-14,16,20H,17-19H2,1H3. The van der Waals surface area contributed by atoms with Gasteiger partial charge in [0.15, 0.2) is 0 Å². The molecule has 0 amide bonds. The quantitative estimate of drug-likeness (QED) is 0.226. The van der Waals surface area contributed by atoms with E-state index in [0.717, 1.165) is 38.7 Å². The van der Waals surface area contributed by atoms with Gasteiger partial charge in [-0.15, -0.1) is 0 Å². The van der Waals surface area contributed by atoms with Gasteiger partial charge >= 0.3 is 0 Å². The van der Waals surface area contributed by atoms with Crippen LogP contribution in [0.3, 0.4) is 0 Å². The van der Waals surface area contributed by atoms with Crippen molar-refractivity contribution in [3.63, 3.8) is 0 Å². The van der Waals surface area contributed by atoms with E-state index in [-0.39, 0.29) is 0 Å². The number of aryl methyl sites for hydroxylation is 1. The van der Waals surface area contributed by atoms with Crippen LogP contribution in [0.15, 0.2) is 91.4 Å². The largest absolute Gasteiger partial charge is 0.337 e. The van der Waals surface area contributed by atoms with E-state index >= 15 is 0 Å². The lowest BCUT2D eigenvalue weighted by atomic mass is 9.93. The van der Waals surface area contributed by atoms with Crippen LogP contribution in [-0.4, -0.2) is 14.5 Å². The van der Waals surface area contributed by atoms with Crippen molar-refractivity contribution >= 4 is 34.0 Å². The van der Waals surface area contributed by atoms with Crippen LogP contribution in [0.4, 0.5) is 0 Å². The Morgan fingerprint density at radius 3 is 2.33 bits per heavy atom. The van der Waals surface area contributed by atoms with E-state index in [9.17, 15) is 5.26 Å². The molecule has 0 unspecified atom stereocenters. The van der Waals surface area contributed by atoms with E-state index in [2.05, 4.69) is 46.3 Å². The van der Waals surface area contributed by atoms with Crippen molar-refractivity contribution in [2.24, 2.45) is 7.05 Å². The molecule has 6 heteroatoms. The van der Waals surface area contributed by atoms with Gasteiger partial charge in [0.05, 0.1) is 33.7 Å². The average Bonchev–Trinajstić information content (AvgIpc) is 3.29. The molecule has 36 heavy (non-hydrogen) atoms. The van der Waals surface area contributed by atoms with Crippen LogP contribution in [0.1, 0.15) is 22.4 Å². The van der Waals surface area contributed by atoms with Crippen LogP contribution >= 0.6 is 23.2 Å². The van der Waals surface area contributed by atoms with E-state index in [1.165, 1.54) is 0 Å². The first kappa shape index (κ1) is 24.1. The fraction of sp³-hybridized carbons (Fsp3) is 0.133. The normalized spacial score (nSPS) is 11.2. The Morgan fingerprint density at radius 2 is 1.58 bits per heavy atom. The second-order valence-electron chi connectivity index (χ2n) is 8.91. The molecule has 0 aliphatic heterocycles. The Balaban J connectivity index is 1.51. The fourth-order valence-electron chi connectivity index (χ4n) is 4.56. The summed E-state index contributed by atoms with van der Waals surface area (Å²) in [5.74, 6) is 0. The SMILES string of the molecule is Cn1cncc1CN(Cc1ccc(Cl)c(Cl)c1)Cc1ccc(C#N)c(-c2cccc3ccccc23)c1. The summed E-state index contributed by atoms with van der Waals surface area (Å²) < 4.78 is 2.03. The third kappa shape index (κ3) is 5.15. The highest BCUT2D eigenvalue weighted by atomic mass is 35.5. The molecular formula is C30H24Cl2N4. The topological polar surface area (TPSA) is 44.9 Å². The zero-order chi connectivity index (χ0) is 25.1. The minimum Gasteiger partial charge on any atom is -0.337 e. The molecule has 1 aromatic heterocycles. The van der Waals surface area contributed by atoms with Crippen LogP contribution in [0, 0.1) is 11.3 Å². The predicted octanol–water partition coefficient (Wildman–Crippen LogP) is 7.62. The highest BCUT2D eigenvalue weighted by molar-refractivity contribution is 6.42. The van der Waals surface area contributed by atoms with Gasteiger partial charge in [-0.3, -0.25) is 4.90 Å². The van der Waals surface area contributed by atoms with Gasteiger partial charge in [-0.2, -0.15) is 5.26 Å². The molecule has 0 spiro atoms. The van der Waals surface area contributed by atoms with Gasteiger partial charge in [0.25, 0.3) is 0 Å². The Hall–Kier alpha value is -3.62. The number of aromatic nitrogens is 2. The van der Waals surface area contributed by atoms with Crippen LogP contribution < -0.4 is 0 Å². The summed E-state index contributed by atoms with van der Waals surface area (Å²) in [7, 11) is 2.00. The average molecular weight is 511 g/mol. The fourth-order valence-corrected chi connectivity index (χ4v) is 4.88. The second-order valence-corrected chi connectivity index (χ2v) is 9.72. The molecule has 4 nitrogen and oxygen atoms in total. The summed E-state index contributed by atoms with van der Waals surface area (Å²) in [4.78, 5) is 6.62. The number of imidazole rings is 1. The summed E-state index contributed by atoms with van der Waals surface area (Å²) in [5, 5.41) is 13.3. The molecule has 5 rings (SSSR count). The molecule has 0 radical (unpaired) electrons. The third-order valence-electron chi connectivity index (χ3n) is 6.38. The predicted molar refractivity (Wildman–Crippen MR) is 147 cm³/mol. The van der Waals surface area contributed by atoms with Gasteiger partial charge in [-0.1, -0.05) is 77.8 Å². The first-order valence-corrected chi connectivity index (χ1v) is 12.4. The van der Waals surface area contributed by atoms with Gasteiger partial charge < -0.3 is 4.57 Å². The van der Waals surface area contributed by atoms with Crippen LogP contribution in [-0.2, 0) is 26.7 Å². The van der Waals surface area contributed by atoms with E-state index in [1.807, 2.05) is 72.7 Å². The third-order valence-corrected chi connectivity index (χ3v) is 7.12. The number of benzene rings is 4. The molecule has 1 heterocycles. The van der Waals surface area contributed by atoms with E-state index < -0.39 is 0 Å². The Bertz CT molecular complexity index is 1580. The van der Waals surface area contributed by atoms with Crippen LogP contribution in [0.25, 0.3) is 21.9 Å². The Labute approximate surface area is 221 Å². The summed E-state index contributed by atoms with van der Waals surface area (Å²) >= 11 is 12.4. The van der Waals surface area contributed by atoms with Gasteiger partial charge in [-0.05, 0) is 51.7 Å². The molecule has 0 N–H and O–H groups in total. The maximum absolute atomic E-state index is 9.88. The first-order valence-electron chi connectivity index (χ1n) is 11.6. The molecule has 0 fully saturated rings. The molecule has 5 aromatic rings. The molecule has 0 aliphatic carbocycles. The lowest BCUT2D eigenvalue weighted by Gasteiger charge is -2.23. The van der Waals surface area contributed by atoms with Crippen molar-refractivity contribution in [1.29, 1.82) is 5.26 Å². The van der Waals surface area contributed by atoms with Gasteiger partial charge in [0, 0.05) is 38.4 Å². The summed E-state index contributed by atoms with van der Waals surface area (Å²) in [5.41, 5.74) is 5.99. The van der Waals surface area contributed by atoms with Crippen molar-refractivity contribution in [3.8, 4) is 17.2 Å². The van der Waals surface area contributed by atoms with Crippen molar-refractivity contribution in [1.82, 2.24) is 14.5 Å². The number of hydrogen-bond acceptors (Lipinski definition) is 3. The van der Waals surface area contributed by atoms with E-state index in [1.54, 1.807) is 0 Å². The van der Waals surface area contributed by atoms with Gasteiger partial charge in [0.2, 0.25) is 0 Å². The molecule has 4 aromatic carbocycles. The number of fused-ring (bicyclic) bond motifs is 1. The second kappa shape index (κ2) is 10.6. The summed E-state index contributed by atoms with van der Waals surface area (Å²) in [6, 6.07) is 28.8. The van der Waals surface area contributed by atoms with Crippen molar-refractivity contribution < 1.29 is 0 Å². The molecule has 0 saturated heterocycles. The summed E-state index contributed by atoms with van der Waals surface area (Å²) in [6.45, 7) is 2.08. The monoisotopic (exact) mass is 510 g/mol. The van der Waals surface area contributed by atoms with Gasteiger partial charge in [0.1, 0.15) is 0 Å². The van der Waals surface area contributed by atoms with Crippen LogP contribution in [0.2, 0.25) is 10.0 Å². The van der Waals surface area contributed by atoms with Crippen molar-refractivity contribution in [2.45, 2.75) is 19.6 Å². The maximum atomic E-state index is 9.88. The van der Waals surface area contributed by atoms with Crippen molar-refractivity contribution in [3.05, 3.63) is 124 Å². The lowest BCUT2D eigenvalue weighted by molar-refractivity contribution is 0.242. The lowest BCUT2D eigenvalue weighted by Crippen LogP contribution is -2.23. The molecule has 178 valence electrons. The van der Waals surface area contributed by atoms with E-state index in [0.29, 0.717) is 35.2 Å². The number of hydrogen-bond donors (Lipinski definition) is 0. The Morgan fingerprint density at radius 1 is 0.833 bits per heavy atom. The van der Waals surface area contributed by atoms with Gasteiger partial charge in [-0.25, -0.2) is 4.98 Å². The zero-order valence-electron chi connectivity index (χ0n) is 19.8. The first-order chi connectivity index (χ1) is 17.5. The number of rotatable bonds is 7. The zero-order valence-corrected chi connectivity index (χ0v) is 21.3. The maximum Gasteiger partial charge on any atom is 0.0998 e. The molecule has 0 atom stereocenters. The smallest absolute Gasteiger partial charge is 0.0998 e. The minimum absolute atomic E-state index is 0.547. The number of nitrogens with zero attached hydrogens (tertiary/aromatic N) is 4. The summed E-state index contributed by atoms with van der Waals surface area (Å²) in [6.07, 6.45) is 3.70. The Kier molecular flexibility index (Phi) is 7.06. The number of nitriles is 1. The molecule has 0 saturated carbocycles. The highest BCUT2D eigenvalue weighted by Crippen LogP contribution is 2.32. The molecule has 0 aliphatic rings. The molecular weight excluding hydrogens is 487 g/mol. The number of halogens is 2.